The van der Waals surface area contributed by atoms with Crippen LogP contribution in [0, 0.1) is 6.92 Å². The average Bonchev–Trinajstić information content (AvgIpc) is 3.29. The van der Waals surface area contributed by atoms with Crippen LogP contribution in [0.1, 0.15) is 34.3 Å². The zero-order valence-corrected chi connectivity index (χ0v) is 22.5. The Hall–Kier alpha value is -3.69. The molecule has 0 bridgehead atoms. The van der Waals surface area contributed by atoms with E-state index in [1.165, 1.54) is 4.90 Å². The van der Waals surface area contributed by atoms with Crippen molar-refractivity contribution in [3.05, 3.63) is 100 Å². The van der Waals surface area contributed by atoms with Gasteiger partial charge in [0.2, 0.25) is 5.91 Å². The van der Waals surface area contributed by atoms with E-state index in [0.29, 0.717) is 23.9 Å². The number of aryl methyl sites for hydroxylation is 1. The van der Waals surface area contributed by atoms with Crippen molar-refractivity contribution in [2.24, 2.45) is 4.99 Å². The van der Waals surface area contributed by atoms with E-state index in [4.69, 9.17) is 16.6 Å². The maximum atomic E-state index is 14.1. The molecule has 3 amide bonds. The highest BCUT2D eigenvalue weighted by molar-refractivity contribution is 7.90. The van der Waals surface area contributed by atoms with Crippen LogP contribution in [0.25, 0.3) is 0 Å². The van der Waals surface area contributed by atoms with Gasteiger partial charge in [-0.2, -0.15) is 0 Å². The lowest BCUT2D eigenvalue weighted by molar-refractivity contribution is -0.123. The van der Waals surface area contributed by atoms with E-state index in [0.717, 1.165) is 28.5 Å². The van der Waals surface area contributed by atoms with Crippen LogP contribution in [0.15, 0.2) is 82.7 Å². The molecule has 2 unspecified atom stereocenters. The third-order valence-corrected chi connectivity index (χ3v) is 8.21. The van der Waals surface area contributed by atoms with Gasteiger partial charge in [0.25, 0.3) is 0 Å². The topological polar surface area (TPSA) is 99.2 Å². The van der Waals surface area contributed by atoms with Gasteiger partial charge in [0.05, 0.1) is 10.9 Å². The van der Waals surface area contributed by atoms with Gasteiger partial charge in [0, 0.05) is 29.9 Å². The summed E-state index contributed by atoms with van der Waals surface area (Å²) in [5.41, 5.74) is 3.32. The van der Waals surface area contributed by atoms with Gasteiger partial charge in [-0.1, -0.05) is 60.1 Å². The molecule has 0 radical (unpaired) electrons. The van der Waals surface area contributed by atoms with Gasteiger partial charge < -0.3 is 10.2 Å². The van der Waals surface area contributed by atoms with Gasteiger partial charge in [-0.3, -0.25) is 14.7 Å². The largest absolute Gasteiger partial charge is 0.353 e. The zero-order chi connectivity index (χ0) is 27.0. The van der Waals surface area contributed by atoms with E-state index in [9.17, 15) is 18.0 Å². The minimum Gasteiger partial charge on any atom is -0.353 e. The summed E-state index contributed by atoms with van der Waals surface area (Å²) in [5.74, 6) is 0.283. The first kappa shape index (κ1) is 25.9. The summed E-state index contributed by atoms with van der Waals surface area (Å²) in [6, 6.07) is 20.2. The number of nitrogens with one attached hydrogen (secondary N) is 1. The number of carbonyl (C=O) groups is 2. The number of hydrogen-bond donors (Lipinski definition) is 1. The predicted molar refractivity (Wildman–Crippen MR) is 146 cm³/mol. The van der Waals surface area contributed by atoms with Crippen LogP contribution in [0.2, 0.25) is 5.02 Å². The summed E-state index contributed by atoms with van der Waals surface area (Å²) in [6.45, 7) is 2.66. The summed E-state index contributed by atoms with van der Waals surface area (Å²) in [6.07, 6.45) is 1.16. The number of halogens is 1. The summed E-state index contributed by atoms with van der Waals surface area (Å²) >= 11 is 6.20. The lowest BCUT2D eigenvalue weighted by atomic mass is 9.93. The molecule has 0 aromatic heterocycles. The monoisotopic (exact) mass is 550 g/mol. The van der Waals surface area contributed by atoms with Crippen molar-refractivity contribution in [1.82, 2.24) is 15.1 Å². The number of sulfone groups is 1. The third kappa shape index (κ3) is 5.04. The molecular weight excluding hydrogens is 524 g/mol. The minimum atomic E-state index is -3.38. The molecule has 38 heavy (non-hydrogen) atoms. The number of amides is 3. The Morgan fingerprint density at radius 1 is 1.00 bits per heavy atom. The molecule has 2 heterocycles. The van der Waals surface area contributed by atoms with Crippen molar-refractivity contribution in [3.63, 3.8) is 0 Å². The first-order valence-electron chi connectivity index (χ1n) is 12.2. The van der Waals surface area contributed by atoms with E-state index in [-0.39, 0.29) is 23.4 Å². The van der Waals surface area contributed by atoms with Gasteiger partial charge in [-0.05, 0) is 47.9 Å². The van der Waals surface area contributed by atoms with Crippen LogP contribution in [0.4, 0.5) is 4.79 Å². The average molecular weight is 551 g/mol. The number of rotatable bonds is 4. The van der Waals surface area contributed by atoms with E-state index < -0.39 is 21.9 Å². The molecule has 8 nitrogen and oxygen atoms in total. The third-order valence-electron chi connectivity index (χ3n) is 6.83. The fraction of sp³-hybridized carbons (Fsp3) is 0.250. The van der Waals surface area contributed by atoms with Crippen molar-refractivity contribution in [2.75, 3.05) is 25.9 Å². The fourth-order valence-corrected chi connectivity index (χ4v) is 5.64. The number of urea groups is 1. The number of piperazine rings is 1. The number of amidine groups is 1. The molecule has 1 N–H and O–H groups in total. The minimum absolute atomic E-state index is 0.0442. The van der Waals surface area contributed by atoms with Crippen molar-refractivity contribution < 1.29 is 18.0 Å². The summed E-state index contributed by atoms with van der Waals surface area (Å²) in [7, 11) is -3.38. The highest BCUT2D eigenvalue weighted by atomic mass is 35.5. The van der Waals surface area contributed by atoms with E-state index in [1.807, 2.05) is 43.3 Å². The second-order valence-corrected chi connectivity index (χ2v) is 11.9. The first-order chi connectivity index (χ1) is 18.1. The Bertz CT molecular complexity index is 1520. The summed E-state index contributed by atoms with van der Waals surface area (Å²) in [4.78, 5) is 34.8. The van der Waals surface area contributed by atoms with E-state index in [1.54, 1.807) is 41.3 Å². The van der Waals surface area contributed by atoms with Crippen LogP contribution < -0.4 is 5.32 Å². The molecule has 0 spiro atoms. The Morgan fingerprint density at radius 2 is 1.66 bits per heavy atom. The molecule has 3 aromatic carbocycles. The predicted octanol–water partition coefficient (Wildman–Crippen LogP) is 4.15. The molecule has 10 heteroatoms. The van der Waals surface area contributed by atoms with Crippen LogP contribution in [0.5, 0.6) is 0 Å². The molecule has 2 atom stereocenters. The number of hydrogen-bond acceptors (Lipinski definition) is 5. The lowest BCUT2D eigenvalue weighted by Gasteiger charge is -2.35. The Balaban J connectivity index is 1.68. The number of benzene rings is 3. The molecule has 1 fully saturated rings. The van der Waals surface area contributed by atoms with Crippen molar-refractivity contribution >= 4 is 39.2 Å². The molecule has 5 rings (SSSR count). The van der Waals surface area contributed by atoms with Crippen molar-refractivity contribution in [1.29, 1.82) is 0 Å². The number of nitrogens with zero attached hydrogens (tertiary/aromatic N) is 3. The maximum Gasteiger partial charge on any atom is 0.326 e. The van der Waals surface area contributed by atoms with E-state index >= 15 is 0 Å². The number of carbonyl (C=O) groups excluding carboxylic acids is 2. The SMILES string of the molecule is Cc1ccccc1C1=NC(c2ccc(S(C)(=O)=O)cc2)C(c2ccc(Cl)cc2)N1C(=O)N1CCNC(=O)C1. The quantitative estimate of drug-likeness (QED) is 0.527. The molecule has 1 saturated heterocycles. The molecule has 0 aliphatic carbocycles. The highest BCUT2D eigenvalue weighted by Gasteiger charge is 2.44. The molecule has 3 aromatic rings. The summed E-state index contributed by atoms with van der Waals surface area (Å²) in [5, 5.41) is 3.33. The maximum absolute atomic E-state index is 14.1. The number of aliphatic imine (C=N–C) groups is 1. The molecule has 0 saturated carbocycles. The van der Waals surface area contributed by atoms with Crippen LogP contribution in [0.3, 0.4) is 0 Å². The molecule has 196 valence electrons. The van der Waals surface area contributed by atoms with Crippen molar-refractivity contribution in [3.8, 4) is 0 Å². The normalized spacial score (nSPS) is 19.8. The van der Waals surface area contributed by atoms with E-state index in [2.05, 4.69) is 5.32 Å². The van der Waals surface area contributed by atoms with Crippen molar-refractivity contribution in [2.45, 2.75) is 23.9 Å². The molecule has 2 aliphatic rings. The highest BCUT2D eigenvalue weighted by Crippen LogP contribution is 2.44. The molecule has 2 aliphatic heterocycles. The van der Waals surface area contributed by atoms with Gasteiger partial charge >= 0.3 is 6.03 Å². The second kappa shape index (κ2) is 10.2. The Labute approximate surface area is 226 Å². The Kier molecular flexibility index (Phi) is 6.98. The van der Waals surface area contributed by atoms with Crippen LogP contribution in [-0.4, -0.2) is 61.9 Å². The standard InChI is InChI=1S/C28H27ClN4O4S/c1-18-5-3-4-6-23(18)27-31-25(19-9-13-22(14-10-19)38(2,36)37)26(20-7-11-21(29)12-8-20)33(27)28(35)32-16-15-30-24(34)17-32/h3-14,25-26H,15-17H2,1-2H3,(H,30,34). The van der Waals surface area contributed by atoms with Gasteiger partial charge in [0.15, 0.2) is 9.84 Å². The zero-order valence-electron chi connectivity index (χ0n) is 21.0. The van der Waals surface area contributed by atoms with Crippen LogP contribution >= 0.6 is 11.6 Å². The van der Waals surface area contributed by atoms with Gasteiger partial charge in [0.1, 0.15) is 18.4 Å². The second-order valence-electron chi connectivity index (χ2n) is 9.47. The smallest absolute Gasteiger partial charge is 0.326 e. The molecular formula is C28H27ClN4O4S. The van der Waals surface area contributed by atoms with Gasteiger partial charge in [-0.15, -0.1) is 0 Å². The fourth-order valence-electron chi connectivity index (χ4n) is 4.88. The van der Waals surface area contributed by atoms with Crippen LogP contribution in [-0.2, 0) is 14.6 Å². The first-order valence-corrected chi connectivity index (χ1v) is 14.4. The summed E-state index contributed by atoms with van der Waals surface area (Å²) < 4.78 is 24.1. The lowest BCUT2D eigenvalue weighted by Crippen LogP contribution is -2.55. The van der Waals surface area contributed by atoms with Gasteiger partial charge in [-0.25, -0.2) is 13.2 Å². The Morgan fingerprint density at radius 3 is 2.29 bits per heavy atom.